The third-order valence-electron chi connectivity index (χ3n) is 3.30. The molecule has 1 fully saturated rings. The Hall–Kier alpha value is -0.770. The molecule has 130 valence electrons. The molecule has 1 rings (SSSR count). The van der Waals surface area contributed by atoms with Gasteiger partial charge < -0.3 is 25.4 Å². The minimum Gasteiger partial charge on any atom is -0.450 e. The van der Waals surface area contributed by atoms with Crippen molar-refractivity contribution < 1.29 is 14.3 Å². The maximum Gasteiger partial charge on any atom is 0.407 e. The molecule has 3 N–H and O–H groups in total. The van der Waals surface area contributed by atoms with Crippen LogP contribution >= 0.6 is 24.0 Å². The van der Waals surface area contributed by atoms with Crippen molar-refractivity contribution in [2.45, 2.75) is 32.2 Å². The van der Waals surface area contributed by atoms with Gasteiger partial charge in [-0.15, -0.1) is 24.0 Å². The van der Waals surface area contributed by atoms with Gasteiger partial charge in [-0.2, -0.15) is 0 Å². The largest absolute Gasteiger partial charge is 0.450 e. The fraction of sp³-hybridized carbons (Fsp3) is 0.857. The van der Waals surface area contributed by atoms with Crippen LogP contribution in [0.15, 0.2) is 4.99 Å². The number of rotatable bonds is 9. The highest BCUT2D eigenvalue weighted by molar-refractivity contribution is 14.0. The molecule has 0 spiro atoms. The van der Waals surface area contributed by atoms with Gasteiger partial charge >= 0.3 is 6.09 Å². The molecule has 7 nitrogen and oxygen atoms in total. The number of nitrogens with one attached hydrogen (secondary N) is 3. The molecule has 0 aromatic rings. The van der Waals surface area contributed by atoms with Gasteiger partial charge in [-0.05, 0) is 32.1 Å². The van der Waals surface area contributed by atoms with Crippen molar-refractivity contribution in [3.05, 3.63) is 0 Å². The minimum atomic E-state index is -0.348. The summed E-state index contributed by atoms with van der Waals surface area (Å²) < 4.78 is 9.94. The summed E-state index contributed by atoms with van der Waals surface area (Å²) in [5.41, 5.74) is 0. The summed E-state index contributed by atoms with van der Waals surface area (Å²) in [6.45, 7) is 4.36. The van der Waals surface area contributed by atoms with Crippen LogP contribution in [0.2, 0.25) is 0 Å². The highest BCUT2D eigenvalue weighted by Crippen LogP contribution is 2.32. The normalized spacial score (nSPS) is 15.5. The number of methoxy groups -OCH3 is 1. The topological polar surface area (TPSA) is 84.0 Å². The van der Waals surface area contributed by atoms with Crippen molar-refractivity contribution in [2.75, 3.05) is 40.5 Å². The van der Waals surface area contributed by atoms with Crippen LogP contribution in [0.4, 0.5) is 4.79 Å². The first kappa shape index (κ1) is 21.2. The number of alkyl carbamates (subject to hydrolysis) is 1. The lowest BCUT2D eigenvalue weighted by Gasteiger charge is -2.20. The quantitative estimate of drug-likeness (QED) is 0.223. The zero-order chi connectivity index (χ0) is 15.5. The summed E-state index contributed by atoms with van der Waals surface area (Å²) in [4.78, 5) is 15.7. The van der Waals surface area contributed by atoms with E-state index < -0.39 is 0 Å². The van der Waals surface area contributed by atoms with E-state index in [-0.39, 0.29) is 36.1 Å². The van der Waals surface area contributed by atoms with Crippen LogP contribution in [0.5, 0.6) is 0 Å². The third kappa shape index (κ3) is 9.29. The van der Waals surface area contributed by atoms with Crippen LogP contribution in [0, 0.1) is 5.92 Å². The van der Waals surface area contributed by atoms with Crippen LogP contribution in [0.25, 0.3) is 0 Å². The van der Waals surface area contributed by atoms with Crippen LogP contribution in [-0.2, 0) is 9.47 Å². The van der Waals surface area contributed by atoms with Crippen LogP contribution in [0.3, 0.4) is 0 Å². The fourth-order valence-corrected chi connectivity index (χ4v) is 2.01. The minimum absolute atomic E-state index is 0. The van der Waals surface area contributed by atoms with Gasteiger partial charge in [0.1, 0.15) is 0 Å². The fourth-order valence-electron chi connectivity index (χ4n) is 2.01. The molecular formula is C14H29IN4O3. The number of nitrogens with zero attached hydrogens (tertiary/aromatic N) is 1. The number of aliphatic imine (C=N–C) groups is 1. The molecule has 0 aliphatic heterocycles. The molecule has 0 radical (unpaired) electrons. The molecule has 1 atom stereocenters. The second-order valence-corrected chi connectivity index (χ2v) is 5.03. The van der Waals surface area contributed by atoms with E-state index >= 15 is 0 Å². The molecule has 1 amide bonds. The van der Waals surface area contributed by atoms with Gasteiger partial charge in [0.25, 0.3) is 0 Å². The van der Waals surface area contributed by atoms with Gasteiger partial charge in [-0.3, -0.25) is 4.99 Å². The van der Waals surface area contributed by atoms with E-state index in [1.54, 1.807) is 21.1 Å². The molecule has 0 heterocycles. The maximum atomic E-state index is 11.5. The van der Waals surface area contributed by atoms with E-state index in [2.05, 4.69) is 20.9 Å². The van der Waals surface area contributed by atoms with Gasteiger partial charge in [-0.1, -0.05) is 0 Å². The Bertz CT molecular complexity index is 338. The number of halogens is 1. The first-order valence-electron chi connectivity index (χ1n) is 7.58. The van der Waals surface area contributed by atoms with E-state index in [0.717, 1.165) is 38.4 Å². The Morgan fingerprint density at radius 2 is 2.09 bits per heavy atom. The molecule has 1 aliphatic carbocycles. The standard InChI is InChI=1S/C14H28N4O3.HI/c1-4-21-14(19)18-12(11-6-7-11)10-17-13(15-2)16-8-5-9-20-3;/h11-12H,4-10H2,1-3H3,(H,18,19)(H2,15,16,17);1H. The SMILES string of the molecule is CCOC(=O)NC(CNC(=NC)NCCCOC)C1CC1.I. The highest BCUT2D eigenvalue weighted by atomic mass is 127. The van der Waals surface area contributed by atoms with Crippen LogP contribution < -0.4 is 16.0 Å². The number of amides is 1. The summed E-state index contributed by atoms with van der Waals surface area (Å²) in [5.74, 6) is 1.27. The van der Waals surface area contributed by atoms with E-state index in [9.17, 15) is 4.79 Å². The molecule has 8 heteroatoms. The summed E-state index contributed by atoms with van der Waals surface area (Å²) in [7, 11) is 3.42. The van der Waals surface area contributed by atoms with Crippen molar-refractivity contribution >= 4 is 36.0 Å². The van der Waals surface area contributed by atoms with Gasteiger partial charge in [-0.25, -0.2) is 4.79 Å². The predicted octanol–water partition coefficient (Wildman–Crippen LogP) is 1.33. The smallest absolute Gasteiger partial charge is 0.407 e. The van der Waals surface area contributed by atoms with E-state index in [1.807, 2.05) is 0 Å². The number of carbonyl (C=O) groups is 1. The molecular weight excluding hydrogens is 399 g/mol. The predicted molar refractivity (Wildman–Crippen MR) is 97.9 cm³/mol. The number of hydrogen-bond acceptors (Lipinski definition) is 4. The highest BCUT2D eigenvalue weighted by Gasteiger charge is 2.32. The average molecular weight is 428 g/mol. The zero-order valence-electron chi connectivity index (χ0n) is 13.7. The van der Waals surface area contributed by atoms with Crippen LogP contribution in [0.1, 0.15) is 26.2 Å². The molecule has 0 aromatic carbocycles. The maximum absolute atomic E-state index is 11.5. The number of carbonyl (C=O) groups excluding carboxylic acids is 1. The van der Waals surface area contributed by atoms with Gasteiger partial charge in [0.2, 0.25) is 0 Å². The molecule has 1 saturated carbocycles. The van der Waals surface area contributed by atoms with E-state index in [4.69, 9.17) is 9.47 Å². The van der Waals surface area contributed by atoms with Crippen molar-refractivity contribution in [1.82, 2.24) is 16.0 Å². The van der Waals surface area contributed by atoms with Crippen molar-refractivity contribution in [3.63, 3.8) is 0 Å². The monoisotopic (exact) mass is 428 g/mol. The first-order chi connectivity index (χ1) is 10.2. The second-order valence-electron chi connectivity index (χ2n) is 5.03. The van der Waals surface area contributed by atoms with Crippen molar-refractivity contribution in [3.8, 4) is 0 Å². The first-order valence-corrected chi connectivity index (χ1v) is 7.58. The van der Waals surface area contributed by atoms with Crippen molar-refractivity contribution in [1.29, 1.82) is 0 Å². The summed E-state index contributed by atoms with van der Waals surface area (Å²) >= 11 is 0. The van der Waals surface area contributed by atoms with Crippen LogP contribution in [-0.4, -0.2) is 58.6 Å². The molecule has 0 bridgehead atoms. The van der Waals surface area contributed by atoms with E-state index in [0.29, 0.717) is 19.1 Å². The lowest BCUT2D eigenvalue weighted by Crippen LogP contribution is -2.48. The summed E-state index contributed by atoms with van der Waals surface area (Å²) in [6, 6.07) is 0.0848. The Kier molecular flexibility index (Phi) is 12.3. The van der Waals surface area contributed by atoms with Crippen molar-refractivity contribution in [2.24, 2.45) is 10.9 Å². The molecule has 0 saturated heterocycles. The number of hydrogen-bond donors (Lipinski definition) is 3. The number of guanidine groups is 1. The Balaban J connectivity index is 0.00000441. The Morgan fingerprint density at radius 1 is 1.36 bits per heavy atom. The Morgan fingerprint density at radius 3 is 2.64 bits per heavy atom. The molecule has 22 heavy (non-hydrogen) atoms. The molecule has 1 aliphatic rings. The lowest BCUT2D eigenvalue weighted by atomic mass is 10.2. The summed E-state index contributed by atoms with van der Waals surface area (Å²) in [6.07, 6.45) is 2.88. The lowest BCUT2D eigenvalue weighted by molar-refractivity contribution is 0.146. The zero-order valence-corrected chi connectivity index (χ0v) is 16.0. The average Bonchev–Trinajstić information content (AvgIpc) is 3.30. The van der Waals surface area contributed by atoms with Gasteiger partial charge in [0, 0.05) is 33.9 Å². The van der Waals surface area contributed by atoms with Gasteiger partial charge in [0.15, 0.2) is 5.96 Å². The second kappa shape index (κ2) is 12.7. The number of ether oxygens (including phenoxy) is 2. The van der Waals surface area contributed by atoms with Gasteiger partial charge in [0.05, 0.1) is 12.6 Å². The summed E-state index contributed by atoms with van der Waals surface area (Å²) in [5, 5.41) is 9.36. The molecule has 1 unspecified atom stereocenters. The Labute approximate surface area is 150 Å². The third-order valence-corrected chi connectivity index (χ3v) is 3.30. The molecule has 0 aromatic heterocycles. The van der Waals surface area contributed by atoms with E-state index in [1.165, 1.54) is 0 Å².